The Balaban J connectivity index is 3.10. The summed E-state index contributed by atoms with van der Waals surface area (Å²) in [7, 11) is 0. The van der Waals surface area contributed by atoms with E-state index in [4.69, 9.17) is 13.0 Å². The van der Waals surface area contributed by atoms with Crippen molar-refractivity contribution in [2.24, 2.45) is 0 Å². The summed E-state index contributed by atoms with van der Waals surface area (Å²) in [6.45, 7) is 4.97. The first-order chi connectivity index (χ1) is 7.47. The molecule has 0 unspecified atom stereocenters. The van der Waals surface area contributed by atoms with E-state index in [1.54, 1.807) is 6.92 Å². The molecule has 4 nitrogen and oxygen atoms in total. The molecule has 0 atom stereocenters. The Bertz CT molecular complexity index is 473. The van der Waals surface area contributed by atoms with E-state index in [-0.39, 0.29) is 10.7 Å². The lowest BCUT2D eigenvalue weighted by Gasteiger charge is -2.03. The Morgan fingerprint density at radius 2 is 2.33 bits per heavy atom. The zero-order valence-corrected chi connectivity index (χ0v) is 8.67. The summed E-state index contributed by atoms with van der Waals surface area (Å²) < 4.78 is 6.38. The number of nitrogens with zero attached hydrogens (tertiary/aromatic N) is 1. The lowest BCUT2D eigenvalue weighted by molar-refractivity contribution is -0.132. The minimum atomic E-state index is -1.11. The number of carboxylic acid groups (broad SMARTS) is 1. The van der Waals surface area contributed by atoms with E-state index in [0.717, 1.165) is 5.56 Å². The van der Waals surface area contributed by atoms with Gasteiger partial charge in [0, 0.05) is 6.20 Å². The summed E-state index contributed by atoms with van der Waals surface area (Å²) in [6.07, 6.45) is 1.49. The van der Waals surface area contributed by atoms with E-state index in [2.05, 4.69) is 16.7 Å². The maximum absolute atomic E-state index is 11.7. The highest BCUT2D eigenvalue weighted by Crippen LogP contribution is 2.17. The Morgan fingerprint density at radius 3 is 2.93 bits per heavy atom. The summed E-state index contributed by atoms with van der Waals surface area (Å²) >= 11 is 5.71. The number of aliphatic carboxylic acids is 1. The van der Waals surface area contributed by atoms with Crippen molar-refractivity contribution in [3.8, 4) is 0 Å². The second kappa shape index (κ2) is 4.23. The van der Waals surface area contributed by atoms with Gasteiger partial charge in [-0.1, -0.05) is 18.2 Å². The van der Waals surface area contributed by atoms with Gasteiger partial charge in [-0.05, 0) is 18.6 Å². The Morgan fingerprint density at radius 1 is 1.67 bits per heavy atom. The summed E-state index contributed by atoms with van der Waals surface area (Å²) in [5.41, 5.74) is 0.334. The standard InChI is InChI=1S/C10H8ClNO3/c1-5-3-7(9(11)12-4-5)8(13)6(2)10(14)15/h3-4H,2H2,1H3,(H,14,15)/i/hT. The van der Waals surface area contributed by atoms with Gasteiger partial charge in [0.05, 0.1) is 5.56 Å². The first kappa shape index (κ1) is 9.86. The number of carboxylic acids is 1. The number of hydrogen-bond donors (Lipinski definition) is 1. The lowest BCUT2D eigenvalue weighted by atomic mass is 10.1. The Labute approximate surface area is 92.7 Å². The number of carbonyl (C=O) groups excluding carboxylic acids is 1. The predicted octanol–water partition coefficient (Wildman–Crippen LogP) is 1.87. The number of ketones is 1. The van der Waals surface area contributed by atoms with E-state index in [9.17, 15) is 9.59 Å². The molecule has 1 aromatic heterocycles. The highest BCUT2D eigenvalue weighted by Gasteiger charge is 2.19. The Hall–Kier alpha value is -1.68. The molecule has 0 fully saturated rings. The normalized spacial score (nSPS) is 10.4. The molecule has 0 saturated carbocycles. The van der Waals surface area contributed by atoms with Gasteiger partial charge in [0.15, 0.2) is 0 Å². The van der Waals surface area contributed by atoms with Crippen LogP contribution in [0.2, 0.25) is 5.15 Å². The predicted molar refractivity (Wildman–Crippen MR) is 55.1 cm³/mol. The summed E-state index contributed by atoms with van der Waals surface area (Å²) in [5.74, 6) is -1.80. The molecule has 1 N–H and O–H groups in total. The molecule has 1 aromatic rings. The summed E-state index contributed by atoms with van der Waals surface area (Å²) in [4.78, 5) is 26.4. The molecule has 0 aliphatic carbocycles. The molecule has 0 bridgehead atoms. The fourth-order valence-corrected chi connectivity index (χ4v) is 1.16. The van der Waals surface area contributed by atoms with Crippen molar-refractivity contribution in [1.82, 2.24) is 4.98 Å². The SMILES string of the molecule is [3H]OC(=O)C(=C)C(=O)c1cc(C)cnc1Cl. The third-order valence-corrected chi connectivity index (χ3v) is 2.04. The van der Waals surface area contributed by atoms with Crippen molar-refractivity contribution < 1.29 is 14.7 Å². The van der Waals surface area contributed by atoms with Crippen LogP contribution in [0, 0.1) is 6.92 Å². The van der Waals surface area contributed by atoms with Crippen molar-refractivity contribution >= 4 is 23.4 Å². The average Bonchev–Trinajstić information content (AvgIpc) is 2.29. The molecule has 78 valence electrons. The minimum Gasteiger partial charge on any atom is -0.478 e. The van der Waals surface area contributed by atoms with Gasteiger partial charge in [0.1, 0.15) is 10.7 Å². The molecule has 0 radical (unpaired) electrons. The van der Waals surface area contributed by atoms with E-state index < -0.39 is 17.3 Å². The van der Waals surface area contributed by atoms with Crippen molar-refractivity contribution in [2.75, 3.05) is 0 Å². The van der Waals surface area contributed by atoms with Crippen LogP contribution in [-0.4, -0.2) is 21.8 Å². The minimum absolute atomic E-state index is 0.0190. The molecule has 0 aliphatic heterocycles. The number of hydrogen-bond acceptors (Lipinski definition) is 4. The molecule has 0 amide bonds. The summed E-state index contributed by atoms with van der Waals surface area (Å²) in [6, 6.07) is 1.49. The van der Waals surface area contributed by atoms with E-state index in [1.165, 1.54) is 12.3 Å². The number of pyridine rings is 1. The van der Waals surface area contributed by atoms with Crippen LogP contribution in [0.5, 0.6) is 0 Å². The number of halogens is 1. The molecule has 1 heterocycles. The molecule has 15 heavy (non-hydrogen) atoms. The summed E-state index contributed by atoms with van der Waals surface area (Å²) in [5, 5.41) is 3.63. The van der Waals surface area contributed by atoms with Crippen molar-refractivity contribution in [1.29, 1.82) is 1.43 Å². The molecule has 0 aliphatic rings. The molecular formula is C10H8ClNO3. The van der Waals surface area contributed by atoms with Crippen molar-refractivity contribution in [3.05, 3.63) is 40.7 Å². The number of carbonyl (C=O) groups is 2. The quantitative estimate of drug-likeness (QED) is 0.281. The molecule has 0 spiro atoms. The van der Waals surface area contributed by atoms with Crippen molar-refractivity contribution in [2.45, 2.75) is 6.92 Å². The molecule has 1 rings (SSSR count). The fraction of sp³-hybridized carbons (Fsp3) is 0.100. The lowest BCUT2D eigenvalue weighted by Crippen LogP contribution is -2.12. The average molecular weight is 228 g/mol. The first-order valence-electron chi connectivity index (χ1n) is 4.41. The van der Waals surface area contributed by atoms with Gasteiger partial charge in [-0.2, -0.15) is 0 Å². The first-order valence-corrected chi connectivity index (χ1v) is 4.38. The van der Waals surface area contributed by atoms with Gasteiger partial charge in [-0.3, -0.25) is 4.79 Å². The fourth-order valence-electron chi connectivity index (χ4n) is 0.967. The van der Waals surface area contributed by atoms with Crippen LogP contribution in [0.4, 0.5) is 0 Å². The molecular weight excluding hydrogens is 218 g/mol. The van der Waals surface area contributed by atoms with Crippen molar-refractivity contribution in [3.63, 3.8) is 0 Å². The highest BCUT2D eigenvalue weighted by molar-refractivity contribution is 6.35. The maximum atomic E-state index is 11.7. The van der Waals surface area contributed by atoms with Gasteiger partial charge in [-0.25, -0.2) is 9.78 Å². The number of aromatic nitrogens is 1. The number of Topliss-reactive ketones (excluding diaryl/α,β-unsaturated/α-hetero) is 1. The molecule has 0 aromatic carbocycles. The third-order valence-electron chi connectivity index (χ3n) is 1.74. The van der Waals surface area contributed by atoms with Gasteiger partial charge < -0.3 is 5.11 Å². The van der Waals surface area contributed by atoms with Crippen LogP contribution in [-0.2, 0) is 4.79 Å². The zero-order valence-electron chi connectivity index (χ0n) is 8.91. The van der Waals surface area contributed by atoms with Gasteiger partial charge in [0.2, 0.25) is 5.78 Å². The van der Waals surface area contributed by atoms with Gasteiger partial charge in [-0.15, -0.1) is 0 Å². The van der Waals surface area contributed by atoms with Crippen LogP contribution in [0.25, 0.3) is 1.43 Å². The smallest absolute Gasteiger partial charge is 0.339 e. The van der Waals surface area contributed by atoms with Gasteiger partial charge in [0.25, 0.3) is 1.43 Å². The van der Waals surface area contributed by atoms with Crippen LogP contribution in [0.15, 0.2) is 24.4 Å². The van der Waals surface area contributed by atoms with E-state index in [1.807, 2.05) is 0 Å². The van der Waals surface area contributed by atoms with Crippen LogP contribution < -0.4 is 0 Å². The van der Waals surface area contributed by atoms with Crippen LogP contribution in [0.1, 0.15) is 15.9 Å². The molecule has 0 saturated heterocycles. The second-order valence-electron chi connectivity index (χ2n) is 2.95. The van der Waals surface area contributed by atoms with Crippen LogP contribution >= 0.6 is 11.6 Å². The van der Waals surface area contributed by atoms with Crippen LogP contribution in [0.3, 0.4) is 0 Å². The largest absolute Gasteiger partial charge is 0.478 e. The van der Waals surface area contributed by atoms with Gasteiger partial charge >= 0.3 is 5.97 Å². The monoisotopic (exact) mass is 227 g/mol. The third kappa shape index (κ3) is 2.41. The Kier molecular flexibility index (Phi) is 2.78. The van der Waals surface area contributed by atoms with E-state index >= 15 is 0 Å². The number of rotatable bonds is 3. The highest BCUT2D eigenvalue weighted by atomic mass is 35.5. The molecule has 5 heteroatoms. The number of aryl methyl sites for hydroxylation is 1. The topological polar surface area (TPSA) is 67.3 Å². The van der Waals surface area contributed by atoms with E-state index in [0.29, 0.717) is 0 Å². The maximum Gasteiger partial charge on any atom is 0.339 e. The second-order valence-corrected chi connectivity index (χ2v) is 3.30. The zero-order chi connectivity index (χ0) is 12.3.